The topological polar surface area (TPSA) is 63.1 Å². The number of nitrogens with zero attached hydrogens (tertiary/aromatic N) is 4. The maximum absolute atomic E-state index is 12.7. The molecule has 3 aromatic rings. The molecule has 0 saturated carbocycles. The smallest absolute Gasteiger partial charge is 0.272 e. The van der Waals surface area contributed by atoms with Gasteiger partial charge in [-0.1, -0.05) is 65.9 Å². The number of aromatic nitrogens is 3. The van der Waals surface area contributed by atoms with Crippen molar-refractivity contribution in [2.45, 2.75) is 18.6 Å². The van der Waals surface area contributed by atoms with Gasteiger partial charge < -0.3 is 5.32 Å². The van der Waals surface area contributed by atoms with Gasteiger partial charge in [0.05, 0.1) is 12.1 Å². The molecule has 2 atom stereocenters. The first-order valence-corrected chi connectivity index (χ1v) is 8.87. The van der Waals surface area contributed by atoms with Crippen molar-refractivity contribution in [2.24, 2.45) is 0 Å². The summed E-state index contributed by atoms with van der Waals surface area (Å²) >= 11 is 0. The summed E-state index contributed by atoms with van der Waals surface area (Å²) in [4.78, 5) is 15.1. The number of hydrogen-bond acceptors (Lipinski definition) is 4. The van der Waals surface area contributed by atoms with Gasteiger partial charge in [-0.25, -0.2) is 4.68 Å². The maximum Gasteiger partial charge on any atom is 0.272 e. The second kappa shape index (κ2) is 6.07. The molecule has 1 fully saturated rings. The zero-order valence-electron chi connectivity index (χ0n) is 14.2. The number of hydrogen-bond donors (Lipinski definition) is 1. The van der Waals surface area contributed by atoms with Crippen molar-refractivity contribution in [3.05, 3.63) is 71.9 Å². The number of amides is 1. The highest BCUT2D eigenvalue weighted by Crippen LogP contribution is 2.31. The van der Waals surface area contributed by atoms with Crippen LogP contribution in [0.15, 0.2) is 60.7 Å². The van der Waals surface area contributed by atoms with Crippen LogP contribution in [-0.2, 0) is 6.54 Å². The molecule has 6 heteroatoms. The molecule has 1 N–H and O–H groups in total. The van der Waals surface area contributed by atoms with E-state index in [9.17, 15) is 4.79 Å². The molecule has 0 unspecified atom stereocenters. The molecule has 5 rings (SSSR count). The molecular formula is C20H19N5O. The number of fused-ring (bicyclic) bond motifs is 3. The second-order valence-corrected chi connectivity index (χ2v) is 6.92. The lowest BCUT2D eigenvalue weighted by Crippen LogP contribution is -2.47. The number of rotatable bonds is 3. The second-order valence-electron chi connectivity index (χ2n) is 6.92. The van der Waals surface area contributed by atoms with Crippen molar-refractivity contribution in [1.82, 2.24) is 25.2 Å². The minimum atomic E-state index is -0.0864. The average Bonchev–Trinajstić information content (AvgIpc) is 3.27. The average molecular weight is 345 g/mol. The molecule has 2 aliphatic heterocycles. The van der Waals surface area contributed by atoms with E-state index in [2.05, 4.69) is 44.8 Å². The quantitative estimate of drug-likeness (QED) is 0.790. The maximum atomic E-state index is 12.7. The summed E-state index contributed by atoms with van der Waals surface area (Å²) in [5, 5.41) is 11.8. The first kappa shape index (κ1) is 15.3. The van der Waals surface area contributed by atoms with Gasteiger partial charge in [0.2, 0.25) is 0 Å². The summed E-state index contributed by atoms with van der Waals surface area (Å²) in [6.45, 7) is 2.55. The highest BCUT2D eigenvalue weighted by atomic mass is 16.2. The first-order chi connectivity index (χ1) is 12.8. The fourth-order valence-electron chi connectivity index (χ4n) is 3.99. The fourth-order valence-corrected chi connectivity index (χ4v) is 3.99. The third-order valence-corrected chi connectivity index (χ3v) is 5.20. The molecule has 0 spiro atoms. The molecule has 3 heterocycles. The van der Waals surface area contributed by atoms with E-state index in [-0.39, 0.29) is 18.0 Å². The van der Waals surface area contributed by atoms with E-state index in [1.54, 1.807) is 0 Å². The van der Waals surface area contributed by atoms with Crippen LogP contribution in [0.5, 0.6) is 0 Å². The van der Waals surface area contributed by atoms with E-state index in [0.717, 1.165) is 25.2 Å². The SMILES string of the molecule is O=C1N[C@H]2CN(Cc3ccccc3)C[C@H]2n2nnc(-c3ccccc3)c21. The summed E-state index contributed by atoms with van der Waals surface area (Å²) in [5.74, 6) is -0.0864. The predicted octanol–water partition coefficient (Wildman–Crippen LogP) is 2.11. The van der Waals surface area contributed by atoms with Crippen molar-refractivity contribution in [1.29, 1.82) is 0 Å². The molecular weight excluding hydrogens is 326 g/mol. The third-order valence-electron chi connectivity index (χ3n) is 5.20. The zero-order valence-corrected chi connectivity index (χ0v) is 14.2. The monoisotopic (exact) mass is 345 g/mol. The molecule has 130 valence electrons. The van der Waals surface area contributed by atoms with Gasteiger partial charge in [-0.05, 0) is 5.56 Å². The summed E-state index contributed by atoms with van der Waals surface area (Å²) in [6.07, 6.45) is 0. The number of carbonyl (C=O) groups excluding carboxylic acids is 1. The van der Waals surface area contributed by atoms with Gasteiger partial charge >= 0.3 is 0 Å². The number of nitrogens with one attached hydrogen (secondary N) is 1. The Balaban J connectivity index is 1.44. The van der Waals surface area contributed by atoms with Crippen LogP contribution in [-0.4, -0.2) is 44.9 Å². The highest BCUT2D eigenvalue weighted by Gasteiger charge is 2.42. The van der Waals surface area contributed by atoms with Crippen molar-refractivity contribution in [3.63, 3.8) is 0 Å². The van der Waals surface area contributed by atoms with E-state index in [1.807, 2.05) is 41.1 Å². The predicted molar refractivity (Wildman–Crippen MR) is 97.5 cm³/mol. The van der Waals surface area contributed by atoms with E-state index < -0.39 is 0 Å². The fraction of sp³-hybridized carbons (Fsp3) is 0.250. The van der Waals surface area contributed by atoms with Gasteiger partial charge in [0, 0.05) is 25.2 Å². The van der Waals surface area contributed by atoms with E-state index in [0.29, 0.717) is 11.4 Å². The molecule has 1 aromatic heterocycles. The Morgan fingerprint density at radius 2 is 1.73 bits per heavy atom. The van der Waals surface area contributed by atoms with Gasteiger partial charge in [0.15, 0.2) is 5.69 Å². The van der Waals surface area contributed by atoms with Crippen LogP contribution in [0, 0.1) is 0 Å². The van der Waals surface area contributed by atoms with Crippen molar-refractivity contribution in [3.8, 4) is 11.3 Å². The van der Waals surface area contributed by atoms with Gasteiger partial charge in [-0.2, -0.15) is 0 Å². The molecule has 0 bridgehead atoms. The Hall–Kier alpha value is -2.99. The van der Waals surface area contributed by atoms with Crippen LogP contribution in [0.25, 0.3) is 11.3 Å². The van der Waals surface area contributed by atoms with Crippen LogP contribution < -0.4 is 5.32 Å². The number of benzene rings is 2. The van der Waals surface area contributed by atoms with Crippen LogP contribution >= 0.6 is 0 Å². The molecule has 0 aliphatic carbocycles. The standard InChI is InChI=1S/C20H19N5O/c26-20-19-18(15-9-5-2-6-10-15)22-23-25(19)17-13-24(12-16(17)21-20)11-14-7-3-1-4-8-14/h1-10,16-17H,11-13H2,(H,21,26)/t16-,17+/m0/s1. The van der Waals surface area contributed by atoms with Gasteiger partial charge in [0.1, 0.15) is 5.69 Å². The van der Waals surface area contributed by atoms with Gasteiger partial charge in [0.25, 0.3) is 5.91 Å². The molecule has 26 heavy (non-hydrogen) atoms. The summed E-state index contributed by atoms with van der Waals surface area (Å²) in [5.41, 5.74) is 3.42. The largest absolute Gasteiger partial charge is 0.344 e. The first-order valence-electron chi connectivity index (χ1n) is 8.87. The number of carbonyl (C=O) groups is 1. The Kier molecular flexibility index (Phi) is 3.57. The molecule has 6 nitrogen and oxygen atoms in total. The third kappa shape index (κ3) is 2.50. The van der Waals surface area contributed by atoms with E-state index in [1.165, 1.54) is 5.56 Å². The van der Waals surface area contributed by atoms with E-state index in [4.69, 9.17) is 0 Å². The van der Waals surface area contributed by atoms with E-state index >= 15 is 0 Å². The lowest BCUT2D eigenvalue weighted by Gasteiger charge is -2.26. The lowest BCUT2D eigenvalue weighted by atomic mass is 10.1. The van der Waals surface area contributed by atoms with Crippen LogP contribution in [0.4, 0.5) is 0 Å². The van der Waals surface area contributed by atoms with Crippen LogP contribution in [0.3, 0.4) is 0 Å². The number of likely N-dealkylation sites (tertiary alicyclic amines) is 1. The minimum absolute atomic E-state index is 0.0732. The Bertz CT molecular complexity index is 937. The molecule has 1 amide bonds. The van der Waals surface area contributed by atoms with Crippen LogP contribution in [0.1, 0.15) is 22.1 Å². The van der Waals surface area contributed by atoms with Crippen LogP contribution in [0.2, 0.25) is 0 Å². The summed E-state index contributed by atoms with van der Waals surface area (Å²) in [6, 6.07) is 20.4. The van der Waals surface area contributed by atoms with Gasteiger partial charge in [-0.3, -0.25) is 9.69 Å². The van der Waals surface area contributed by atoms with Gasteiger partial charge in [-0.15, -0.1) is 5.10 Å². The Labute approximate surface area is 151 Å². The van der Waals surface area contributed by atoms with Crippen molar-refractivity contribution < 1.29 is 4.79 Å². The molecule has 0 radical (unpaired) electrons. The normalized spacial score (nSPS) is 21.9. The minimum Gasteiger partial charge on any atom is -0.344 e. The van der Waals surface area contributed by atoms with Crippen molar-refractivity contribution in [2.75, 3.05) is 13.1 Å². The summed E-state index contributed by atoms with van der Waals surface area (Å²) in [7, 11) is 0. The van der Waals surface area contributed by atoms with Crippen molar-refractivity contribution >= 4 is 5.91 Å². The molecule has 2 aromatic carbocycles. The molecule has 1 saturated heterocycles. The Morgan fingerprint density at radius 1 is 1.00 bits per heavy atom. The Morgan fingerprint density at radius 3 is 2.50 bits per heavy atom. The summed E-state index contributed by atoms with van der Waals surface area (Å²) < 4.78 is 1.83. The lowest BCUT2D eigenvalue weighted by molar-refractivity contribution is 0.0889. The highest BCUT2D eigenvalue weighted by molar-refractivity contribution is 5.99. The molecule has 2 aliphatic rings. The zero-order chi connectivity index (χ0) is 17.5.